The zero-order chi connectivity index (χ0) is 29.2. The number of carbonyl (C=O) groups excluding carboxylic acids is 1. The van der Waals surface area contributed by atoms with E-state index in [4.69, 9.17) is 16.3 Å². The summed E-state index contributed by atoms with van der Waals surface area (Å²) in [7, 11) is 0. The number of ether oxygens (including phenoxy) is 1. The Kier molecular flexibility index (Phi) is 7.58. The van der Waals surface area contributed by atoms with E-state index in [1.807, 2.05) is 12.1 Å². The number of aryl methyl sites for hydroxylation is 1. The first-order valence-electron chi connectivity index (χ1n) is 13.5. The zero-order valence-electron chi connectivity index (χ0n) is 22.3. The predicted molar refractivity (Wildman–Crippen MR) is 155 cm³/mol. The van der Waals surface area contributed by atoms with Gasteiger partial charge >= 0.3 is 5.97 Å². The summed E-state index contributed by atoms with van der Waals surface area (Å²) in [6.07, 6.45) is 1.52. The molecule has 8 nitrogen and oxygen atoms in total. The van der Waals surface area contributed by atoms with Crippen LogP contribution in [0.2, 0.25) is 5.02 Å². The maximum absolute atomic E-state index is 13.7. The Labute approximate surface area is 245 Å². The summed E-state index contributed by atoms with van der Waals surface area (Å²) in [6, 6.07) is 23.5. The van der Waals surface area contributed by atoms with Crippen molar-refractivity contribution in [3.63, 3.8) is 0 Å². The molecular weight excluding hydrogens is 559 g/mol. The van der Waals surface area contributed by atoms with Crippen molar-refractivity contribution < 1.29 is 23.8 Å². The number of carboxylic acids is 1. The topological polar surface area (TPSA) is 106 Å². The summed E-state index contributed by atoms with van der Waals surface area (Å²) in [4.78, 5) is 25.0. The van der Waals surface area contributed by atoms with Gasteiger partial charge < -0.3 is 15.2 Å². The number of nitrogens with zero attached hydrogens (tertiary/aromatic N) is 3. The molecule has 4 aromatic carbocycles. The van der Waals surface area contributed by atoms with Crippen LogP contribution in [0.5, 0.6) is 5.75 Å². The Bertz CT molecular complexity index is 1810. The molecule has 0 bridgehead atoms. The Morgan fingerprint density at radius 1 is 1.07 bits per heavy atom. The third kappa shape index (κ3) is 5.69. The SMILES string of the molecule is O=C(NC1CCCc2ccccc21)c1ccc2c(c1)nnn2Cc1cc(OC(C(=O)O)c2cccc(F)c2)ccc1Cl. The van der Waals surface area contributed by atoms with E-state index in [0.29, 0.717) is 27.2 Å². The molecule has 1 aliphatic rings. The first-order valence-corrected chi connectivity index (χ1v) is 13.9. The van der Waals surface area contributed by atoms with Crippen LogP contribution in [0, 0.1) is 5.82 Å². The van der Waals surface area contributed by atoms with E-state index in [-0.39, 0.29) is 29.8 Å². The minimum Gasteiger partial charge on any atom is -0.478 e. The van der Waals surface area contributed by atoms with Crippen LogP contribution in [0.15, 0.2) is 84.9 Å². The van der Waals surface area contributed by atoms with Crippen LogP contribution < -0.4 is 10.1 Å². The van der Waals surface area contributed by atoms with Crippen LogP contribution in [-0.2, 0) is 17.8 Å². The lowest BCUT2D eigenvalue weighted by Crippen LogP contribution is -2.30. The zero-order valence-corrected chi connectivity index (χ0v) is 23.1. The Balaban J connectivity index is 1.20. The fourth-order valence-corrected chi connectivity index (χ4v) is 5.53. The minimum atomic E-state index is -1.41. The Morgan fingerprint density at radius 3 is 2.76 bits per heavy atom. The molecule has 0 spiro atoms. The molecule has 212 valence electrons. The molecule has 0 fully saturated rings. The summed E-state index contributed by atoms with van der Waals surface area (Å²) in [5.41, 5.74) is 4.96. The van der Waals surface area contributed by atoms with Crippen LogP contribution in [0.3, 0.4) is 0 Å². The molecule has 0 radical (unpaired) electrons. The van der Waals surface area contributed by atoms with E-state index in [1.165, 1.54) is 23.8 Å². The van der Waals surface area contributed by atoms with Gasteiger partial charge in [0.05, 0.1) is 18.1 Å². The highest BCUT2D eigenvalue weighted by molar-refractivity contribution is 6.31. The minimum absolute atomic E-state index is 0.0351. The van der Waals surface area contributed by atoms with E-state index in [0.717, 1.165) is 30.9 Å². The number of aliphatic carboxylic acids is 1. The highest BCUT2D eigenvalue weighted by Crippen LogP contribution is 2.31. The van der Waals surface area contributed by atoms with Gasteiger partial charge in [0.15, 0.2) is 0 Å². The number of carbonyl (C=O) groups is 2. The molecule has 6 rings (SSSR count). The fourth-order valence-electron chi connectivity index (χ4n) is 5.35. The number of fused-ring (bicyclic) bond motifs is 2. The van der Waals surface area contributed by atoms with Gasteiger partial charge in [-0.1, -0.05) is 53.2 Å². The average Bonchev–Trinajstić information content (AvgIpc) is 3.39. The standard InChI is InChI=1S/C32H26ClFN4O4/c33-26-13-12-24(42-30(32(40)41)20-7-3-8-23(34)15-20)16-22(26)18-38-29-14-11-21(17-28(29)36-37-38)31(39)35-27-10-4-6-19-5-1-2-9-25(19)27/h1-3,5,7-9,11-17,27,30H,4,6,10,18H2,(H,35,39)(H,40,41). The third-order valence-electron chi connectivity index (χ3n) is 7.42. The monoisotopic (exact) mass is 584 g/mol. The number of benzene rings is 4. The van der Waals surface area contributed by atoms with E-state index in [9.17, 15) is 19.1 Å². The molecule has 2 N–H and O–H groups in total. The smallest absolute Gasteiger partial charge is 0.349 e. The molecule has 5 aromatic rings. The van der Waals surface area contributed by atoms with Gasteiger partial charge in [0.1, 0.15) is 17.1 Å². The lowest BCUT2D eigenvalue weighted by atomic mass is 9.87. The van der Waals surface area contributed by atoms with E-state index < -0.39 is 17.9 Å². The number of hydrogen-bond donors (Lipinski definition) is 2. The second kappa shape index (κ2) is 11.6. The lowest BCUT2D eigenvalue weighted by molar-refractivity contribution is -0.145. The molecule has 1 aromatic heterocycles. The molecule has 0 aliphatic heterocycles. The van der Waals surface area contributed by atoms with Gasteiger partial charge in [-0.2, -0.15) is 0 Å². The molecule has 1 aliphatic carbocycles. The molecule has 10 heteroatoms. The number of rotatable bonds is 8. The summed E-state index contributed by atoms with van der Waals surface area (Å²) < 4.78 is 21.1. The van der Waals surface area contributed by atoms with Crippen molar-refractivity contribution in [1.29, 1.82) is 0 Å². The molecule has 0 saturated heterocycles. The quantitative estimate of drug-likeness (QED) is 0.222. The average molecular weight is 585 g/mol. The van der Waals surface area contributed by atoms with Crippen LogP contribution >= 0.6 is 11.6 Å². The van der Waals surface area contributed by atoms with Crippen molar-refractivity contribution >= 4 is 34.5 Å². The van der Waals surface area contributed by atoms with Gasteiger partial charge in [-0.3, -0.25) is 4.79 Å². The largest absolute Gasteiger partial charge is 0.478 e. The van der Waals surface area contributed by atoms with E-state index in [1.54, 1.807) is 41.1 Å². The van der Waals surface area contributed by atoms with Crippen molar-refractivity contribution in [2.45, 2.75) is 38.0 Å². The van der Waals surface area contributed by atoms with Gasteiger partial charge in [-0.05, 0) is 84.5 Å². The predicted octanol–water partition coefficient (Wildman–Crippen LogP) is 6.28. The van der Waals surface area contributed by atoms with Gasteiger partial charge in [0.2, 0.25) is 6.10 Å². The number of halogens is 2. The number of hydrogen-bond acceptors (Lipinski definition) is 5. The van der Waals surface area contributed by atoms with Crippen molar-refractivity contribution in [3.05, 3.63) is 124 Å². The van der Waals surface area contributed by atoms with Crippen LogP contribution in [0.4, 0.5) is 4.39 Å². The normalized spacial score (nSPS) is 15.1. The number of nitrogens with one attached hydrogen (secondary N) is 1. The Hall–Kier alpha value is -4.76. The summed E-state index contributed by atoms with van der Waals surface area (Å²) >= 11 is 6.46. The van der Waals surface area contributed by atoms with E-state index >= 15 is 0 Å². The first-order chi connectivity index (χ1) is 20.4. The maximum Gasteiger partial charge on any atom is 0.349 e. The van der Waals surface area contributed by atoms with Gasteiger partial charge in [-0.15, -0.1) is 5.10 Å². The second-order valence-electron chi connectivity index (χ2n) is 10.2. The highest BCUT2D eigenvalue weighted by Gasteiger charge is 2.24. The van der Waals surface area contributed by atoms with Gasteiger partial charge in [-0.25, -0.2) is 13.9 Å². The number of amides is 1. The summed E-state index contributed by atoms with van der Waals surface area (Å²) in [6.45, 7) is 0.217. The van der Waals surface area contributed by atoms with Crippen molar-refractivity contribution in [3.8, 4) is 5.75 Å². The lowest BCUT2D eigenvalue weighted by Gasteiger charge is -2.26. The Morgan fingerprint density at radius 2 is 1.93 bits per heavy atom. The molecule has 1 heterocycles. The van der Waals surface area contributed by atoms with Crippen LogP contribution in [0.1, 0.15) is 57.6 Å². The highest BCUT2D eigenvalue weighted by atomic mass is 35.5. The molecule has 42 heavy (non-hydrogen) atoms. The fraction of sp³-hybridized carbons (Fsp3) is 0.188. The second-order valence-corrected chi connectivity index (χ2v) is 10.6. The van der Waals surface area contributed by atoms with Crippen molar-refractivity contribution in [1.82, 2.24) is 20.3 Å². The van der Waals surface area contributed by atoms with E-state index in [2.05, 4.69) is 27.8 Å². The summed E-state index contributed by atoms with van der Waals surface area (Å²) in [5, 5.41) is 21.8. The molecule has 0 saturated carbocycles. The maximum atomic E-state index is 13.7. The molecule has 1 amide bonds. The summed E-state index contributed by atoms with van der Waals surface area (Å²) in [5.74, 6) is -1.74. The van der Waals surface area contributed by atoms with Gasteiger partial charge in [0, 0.05) is 16.1 Å². The van der Waals surface area contributed by atoms with Crippen LogP contribution in [-0.4, -0.2) is 32.0 Å². The van der Waals surface area contributed by atoms with Crippen molar-refractivity contribution in [2.24, 2.45) is 0 Å². The first kappa shape index (κ1) is 27.4. The number of carboxylic acid groups (broad SMARTS) is 1. The molecule has 2 unspecified atom stereocenters. The van der Waals surface area contributed by atoms with Gasteiger partial charge in [0.25, 0.3) is 5.91 Å². The van der Waals surface area contributed by atoms with Crippen LogP contribution in [0.25, 0.3) is 11.0 Å². The van der Waals surface area contributed by atoms with Crippen molar-refractivity contribution in [2.75, 3.05) is 0 Å². The molecule has 2 atom stereocenters. The number of aromatic nitrogens is 3. The third-order valence-corrected chi connectivity index (χ3v) is 7.79. The molecular formula is C32H26ClFN4O4.